The molecule has 0 saturated carbocycles. The first-order valence-electron chi connectivity index (χ1n) is 8.91. The largest absolute Gasteiger partial charge is 0.354 e. The quantitative estimate of drug-likeness (QED) is 0.695. The molecule has 27 heavy (non-hydrogen) atoms. The third-order valence-corrected chi connectivity index (χ3v) is 4.94. The second kappa shape index (κ2) is 7.90. The van der Waals surface area contributed by atoms with Gasteiger partial charge in [0, 0.05) is 49.0 Å². The van der Waals surface area contributed by atoms with Gasteiger partial charge in [-0.25, -0.2) is 9.67 Å². The number of hydrogen-bond acceptors (Lipinski definition) is 5. The van der Waals surface area contributed by atoms with Gasteiger partial charge in [-0.05, 0) is 30.3 Å². The maximum absolute atomic E-state index is 12.2. The summed E-state index contributed by atoms with van der Waals surface area (Å²) in [4.78, 5) is 21.2. The van der Waals surface area contributed by atoms with Crippen molar-refractivity contribution in [3.63, 3.8) is 0 Å². The average Bonchev–Trinajstić information content (AvgIpc) is 2.71. The van der Waals surface area contributed by atoms with Crippen LogP contribution >= 0.6 is 11.6 Å². The molecule has 3 heterocycles. The summed E-state index contributed by atoms with van der Waals surface area (Å²) in [6, 6.07) is 16.7. The van der Waals surface area contributed by atoms with Gasteiger partial charge >= 0.3 is 0 Å². The standard InChI is InChI=1S/C20H20ClN5O/c21-17-6-4-16(5-7-17)18-8-9-20(27)26(23-18)15-24-11-13-25(14-12-24)19-3-1-2-10-22-19/h1-10H,11-15H2. The summed E-state index contributed by atoms with van der Waals surface area (Å²) in [7, 11) is 0. The summed E-state index contributed by atoms with van der Waals surface area (Å²) in [6.07, 6.45) is 1.81. The molecular weight excluding hydrogens is 362 g/mol. The highest BCUT2D eigenvalue weighted by Crippen LogP contribution is 2.18. The summed E-state index contributed by atoms with van der Waals surface area (Å²) in [6.45, 7) is 3.95. The first-order chi connectivity index (χ1) is 13.2. The molecular formula is C20H20ClN5O. The van der Waals surface area contributed by atoms with Gasteiger partial charge in [0.05, 0.1) is 12.4 Å². The zero-order chi connectivity index (χ0) is 18.6. The molecule has 0 atom stereocenters. The van der Waals surface area contributed by atoms with E-state index in [2.05, 4.69) is 19.9 Å². The average molecular weight is 382 g/mol. The van der Waals surface area contributed by atoms with Crippen LogP contribution in [0.3, 0.4) is 0 Å². The molecule has 1 aliphatic heterocycles. The molecule has 138 valence electrons. The van der Waals surface area contributed by atoms with E-state index in [-0.39, 0.29) is 5.56 Å². The third-order valence-electron chi connectivity index (χ3n) is 4.69. The summed E-state index contributed by atoms with van der Waals surface area (Å²) in [5, 5.41) is 5.22. The topological polar surface area (TPSA) is 54.3 Å². The van der Waals surface area contributed by atoms with Gasteiger partial charge in [0.2, 0.25) is 0 Å². The Hall–Kier alpha value is -2.70. The molecule has 2 aromatic heterocycles. The molecule has 0 aliphatic carbocycles. The zero-order valence-corrected chi connectivity index (χ0v) is 15.6. The Kier molecular flexibility index (Phi) is 5.18. The summed E-state index contributed by atoms with van der Waals surface area (Å²) >= 11 is 5.95. The van der Waals surface area contributed by atoms with E-state index < -0.39 is 0 Å². The molecule has 0 radical (unpaired) electrons. The van der Waals surface area contributed by atoms with Gasteiger partial charge in [0.25, 0.3) is 5.56 Å². The van der Waals surface area contributed by atoms with Crippen LogP contribution in [0.4, 0.5) is 5.82 Å². The fourth-order valence-corrected chi connectivity index (χ4v) is 3.30. The van der Waals surface area contributed by atoms with Crippen molar-refractivity contribution < 1.29 is 0 Å². The Morgan fingerprint density at radius 1 is 0.926 bits per heavy atom. The van der Waals surface area contributed by atoms with Crippen LogP contribution in [-0.4, -0.2) is 45.8 Å². The van der Waals surface area contributed by atoms with E-state index in [4.69, 9.17) is 11.6 Å². The van der Waals surface area contributed by atoms with Crippen molar-refractivity contribution in [3.05, 3.63) is 76.2 Å². The fourth-order valence-electron chi connectivity index (χ4n) is 3.17. The van der Waals surface area contributed by atoms with Gasteiger partial charge in [-0.1, -0.05) is 29.8 Å². The predicted octanol–water partition coefficient (Wildman–Crippen LogP) is 2.74. The molecule has 7 heteroatoms. The van der Waals surface area contributed by atoms with Crippen molar-refractivity contribution in [2.45, 2.75) is 6.67 Å². The maximum atomic E-state index is 12.2. The number of rotatable bonds is 4. The SMILES string of the molecule is O=c1ccc(-c2ccc(Cl)cc2)nn1CN1CCN(c2ccccn2)CC1. The van der Waals surface area contributed by atoms with Gasteiger partial charge in [-0.2, -0.15) is 5.10 Å². The number of hydrogen-bond donors (Lipinski definition) is 0. The molecule has 0 bridgehead atoms. The van der Waals surface area contributed by atoms with Crippen molar-refractivity contribution in [2.75, 3.05) is 31.1 Å². The van der Waals surface area contributed by atoms with Gasteiger partial charge < -0.3 is 4.90 Å². The normalized spacial score (nSPS) is 15.1. The molecule has 0 unspecified atom stereocenters. The first kappa shape index (κ1) is 17.7. The Balaban J connectivity index is 1.45. The van der Waals surface area contributed by atoms with Crippen molar-refractivity contribution in [1.29, 1.82) is 0 Å². The molecule has 6 nitrogen and oxygen atoms in total. The van der Waals surface area contributed by atoms with Crippen molar-refractivity contribution >= 4 is 17.4 Å². The van der Waals surface area contributed by atoms with Crippen LogP contribution in [0, 0.1) is 0 Å². The summed E-state index contributed by atoms with van der Waals surface area (Å²) in [5.74, 6) is 0.997. The molecule has 1 aliphatic rings. The first-order valence-corrected chi connectivity index (χ1v) is 9.29. The molecule has 4 rings (SSSR count). The highest BCUT2D eigenvalue weighted by Gasteiger charge is 2.18. The lowest BCUT2D eigenvalue weighted by molar-refractivity contribution is 0.191. The van der Waals surface area contributed by atoms with E-state index in [1.54, 1.807) is 12.1 Å². The lowest BCUT2D eigenvalue weighted by Crippen LogP contribution is -2.48. The Labute approximate surface area is 162 Å². The third kappa shape index (κ3) is 4.18. The lowest BCUT2D eigenvalue weighted by Gasteiger charge is -2.35. The van der Waals surface area contributed by atoms with Crippen molar-refractivity contribution in [3.8, 4) is 11.3 Å². The number of nitrogens with zero attached hydrogens (tertiary/aromatic N) is 5. The van der Waals surface area contributed by atoms with Gasteiger partial charge in [0.15, 0.2) is 0 Å². The van der Waals surface area contributed by atoms with Crippen LogP contribution in [0.2, 0.25) is 5.02 Å². The van der Waals surface area contributed by atoms with Gasteiger partial charge in [0.1, 0.15) is 5.82 Å². The van der Waals surface area contributed by atoms with Crippen LogP contribution in [0.15, 0.2) is 65.6 Å². The Morgan fingerprint density at radius 3 is 2.41 bits per heavy atom. The Bertz CT molecular complexity index is 950. The molecule has 0 amide bonds. The smallest absolute Gasteiger partial charge is 0.268 e. The van der Waals surface area contributed by atoms with E-state index in [0.717, 1.165) is 43.3 Å². The van der Waals surface area contributed by atoms with Crippen LogP contribution < -0.4 is 10.5 Å². The molecule has 1 saturated heterocycles. The molecule has 0 spiro atoms. The molecule has 1 fully saturated rings. The number of aromatic nitrogens is 3. The predicted molar refractivity (Wildman–Crippen MR) is 107 cm³/mol. The van der Waals surface area contributed by atoms with Crippen LogP contribution in [-0.2, 0) is 6.67 Å². The minimum absolute atomic E-state index is 0.0973. The number of halogens is 1. The van der Waals surface area contributed by atoms with Gasteiger partial charge in [-0.3, -0.25) is 9.69 Å². The fraction of sp³-hybridized carbons (Fsp3) is 0.250. The number of benzene rings is 1. The number of anilines is 1. The second-order valence-corrected chi connectivity index (χ2v) is 6.93. The van der Waals surface area contributed by atoms with Crippen LogP contribution in [0.5, 0.6) is 0 Å². The van der Waals surface area contributed by atoms with E-state index in [0.29, 0.717) is 11.7 Å². The van der Waals surface area contributed by atoms with Gasteiger partial charge in [-0.15, -0.1) is 0 Å². The summed E-state index contributed by atoms with van der Waals surface area (Å²) in [5.41, 5.74) is 1.60. The minimum Gasteiger partial charge on any atom is -0.354 e. The second-order valence-electron chi connectivity index (χ2n) is 6.50. The van der Waals surface area contributed by atoms with Crippen LogP contribution in [0.25, 0.3) is 11.3 Å². The van der Waals surface area contributed by atoms with E-state index >= 15 is 0 Å². The van der Waals surface area contributed by atoms with Crippen molar-refractivity contribution in [2.24, 2.45) is 0 Å². The molecule has 1 aromatic carbocycles. The zero-order valence-electron chi connectivity index (χ0n) is 14.8. The highest BCUT2D eigenvalue weighted by molar-refractivity contribution is 6.30. The monoisotopic (exact) mass is 381 g/mol. The van der Waals surface area contributed by atoms with E-state index in [1.165, 1.54) is 4.68 Å². The maximum Gasteiger partial charge on any atom is 0.268 e. The number of piperazine rings is 1. The van der Waals surface area contributed by atoms with E-state index in [9.17, 15) is 4.79 Å². The lowest BCUT2D eigenvalue weighted by atomic mass is 10.1. The van der Waals surface area contributed by atoms with E-state index in [1.807, 2.05) is 48.7 Å². The van der Waals surface area contributed by atoms with Crippen LogP contribution in [0.1, 0.15) is 0 Å². The van der Waals surface area contributed by atoms with Crippen molar-refractivity contribution in [1.82, 2.24) is 19.7 Å². The summed E-state index contributed by atoms with van der Waals surface area (Å²) < 4.78 is 1.53. The highest BCUT2D eigenvalue weighted by atomic mass is 35.5. The molecule has 0 N–H and O–H groups in total. The molecule has 3 aromatic rings. The number of pyridine rings is 1. The minimum atomic E-state index is -0.0973. The Morgan fingerprint density at radius 2 is 1.70 bits per heavy atom.